The van der Waals surface area contributed by atoms with Gasteiger partial charge in [0.05, 0.1) is 0 Å². The van der Waals surface area contributed by atoms with Gasteiger partial charge in [0.15, 0.2) is 5.82 Å². The second kappa shape index (κ2) is 3.65. The summed E-state index contributed by atoms with van der Waals surface area (Å²) in [7, 11) is -2.34. The quantitative estimate of drug-likeness (QED) is 0.762. The first-order valence-electron chi connectivity index (χ1n) is 4.34. The van der Waals surface area contributed by atoms with Gasteiger partial charge in [-0.25, -0.2) is 13.6 Å². The summed E-state index contributed by atoms with van der Waals surface area (Å²) in [5.41, 5.74) is 0.535. The van der Waals surface area contributed by atoms with Crippen LogP contribution in [-0.4, -0.2) is 28.2 Å². The van der Waals surface area contributed by atoms with Gasteiger partial charge in [0, 0.05) is 13.2 Å². The van der Waals surface area contributed by atoms with Gasteiger partial charge in [0.2, 0.25) is 0 Å². The highest BCUT2D eigenvalue weighted by Gasteiger charge is 2.19. The number of pyridine rings is 1. The summed E-state index contributed by atoms with van der Waals surface area (Å²) in [6, 6.07) is 5.23. The molecule has 0 saturated heterocycles. The van der Waals surface area contributed by atoms with Gasteiger partial charge in [-0.2, -0.15) is 0 Å². The first kappa shape index (κ1) is 10.7. The minimum absolute atomic E-state index is 0.284. The lowest BCUT2D eigenvalue weighted by Crippen LogP contribution is -2.17. The Morgan fingerprint density at radius 3 is 2.56 bits per heavy atom. The maximum Gasteiger partial charge on any atom is 0.273 e. The van der Waals surface area contributed by atoms with Crippen molar-refractivity contribution in [3.8, 4) is 11.5 Å². The molecule has 2 N–H and O–H groups in total. The summed E-state index contributed by atoms with van der Waals surface area (Å²) < 4.78 is 23.6. The highest BCUT2D eigenvalue weighted by molar-refractivity contribution is 7.89. The molecule has 0 aliphatic heterocycles. The van der Waals surface area contributed by atoms with Crippen LogP contribution in [0.4, 0.5) is 0 Å². The molecule has 84 valence electrons. The fourth-order valence-electron chi connectivity index (χ4n) is 1.28. The van der Waals surface area contributed by atoms with Crippen LogP contribution in [0, 0.1) is 0 Å². The largest absolute Gasteiger partial charge is 0.299 e. The van der Waals surface area contributed by atoms with Crippen molar-refractivity contribution in [3.05, 3.63) is 24.4 Å². The first-order valence-corrected chi connectivity index (χ1v) is 5.88. The third-order valence-corrected chi connectivity index (χ3v) is 2.85. The van der Waals surface area contributed by atoms with Crippen molar-refractivity contribution in [1.29, 1.82) is 0 Å². The fourth-order valence-corrected chi connectivity index (χ4v) is 1.90. The van der Waals surface area contributed by atoms with Gasteiger partial charge in [-0.1, -0.05) is 6.07 Å². The number of sulfonamides is 1. The minimum Gasteiger partial charge on any atom is -0.299 e. The summed E-state index contributed by atoms with van der Waals surface area (Å²) in [4.78, 5) is 4.05. The molecule has 2 aromatic rings. The van der Waals surface area contributed by atoms with Gasteiger partial charge < -0.3 is 0 Å². The third-order valence-electron chi connectivity index (χ3n) is 1.98. The number of rotatable bonds is 2. The fraction of sp³-hybridized carbons (Fsp3) is 0.125. The van der Waals surface area contributed by atoms with Crippen LogP contribution < -0.4 is 5.14 Å². The Morgan fingerprint density at radius 1 is 1.31 bits per heavy atom. The Morgan fingerprint density at radius 2 is 2.06 bits per heavy atom. The van der Waals surface area contributed by atoms with Gasteiger partial charge in [-0.3, -0.25) is 9.55 Å². The van der Waals surface area contributed by atoms with Gasteiger partial charge >= 0.3 is 0 Å². The normalized spacial score (nSPS) is 11.6. The maximum atomic E-state index is 11.1. The number of nitrogens with two attached hydrogens (primary N) is 1. The maximum absolute atomic E-state index is 11.1. The SMILES string of the molecule is Cn1c(-c2ccccn2)nnc1S(N)(=O)=O. The topological polar surface area (TPSA) is 104 Å². The van der Waals surface area contributed by atoms with Crippen LogP contribution in [0.15, 0.2) is 29.6 Å². The van der Waals surface area contributed by atoms with Crippen molar-refractivity contribution in [1.82, 2.24) is 19.7 Å². The van der Waals surface area contributed by atoms with E-state index in [-0.39, 0.29) is 5.16 Å². The van der Waals surface area contributed by atoms with Crippen LogP contribution in [0.3, 0.4) is 0 Å². The van der Waals surface area contributed by atoms with E-state index in [2.05, 4.69) is 15.2 Å². The molecule has 0 aromatic carbocycles. The molecule has 0 aliphatic carbocycles. The molecule has 0 aliphatic rings. The lowest BCUT2D eigenvalue weighted by molar-refractivity contribution is 0.580. The Labute approximate surface area is 92.0 Å². The first-order chi connectivity index (χ1) is 7.50. The molecule has 2 rings (SSSR count). The third kappa shape index (κ3) is 1.79. The van der Waals surface area contributed by atoms with Crippen molar-refractivity contribution in [2.45, 2.75) is 5.16 Å². The number of aromatic nitrogens is 4. The number of hydrogen-bond donors (Lipinski definition) is 1. The average molecular weight is 239 g/mol. The lowest BCUT2D eigenvalue weighted by atomic mass is 10.3. The number of nitrogens with zero attached hydrogens (tertiary/aromatic N) is 4. The molecule has 0 bridgehead atoms. The molecule has 0 atom stereocenters. The van der Waals surface area contributed by atoms with E-state index in [1.165, 1.54) is 11.6 Å². The molecule has 0 saturated carbocycles. The van der Waals surface area contributed by atoms with E-state index in [4.69, 9.17) is 5.14 Å². The standard InChI is InChI=1S/C8H9N5O2S/c1-13-7(6-4-2-3-5-10-6)11-12-8(13)16(9,14)15/h2-5H,1H3,(H2,9,14,15). The van der Waals surface area contributed by atoms with Crippen LogP contribution in [0.25, 0.3) is 11.5 Å². The second-order valence-corrected chi connectivity index (χ2v) is 4.58. The zero-order valence-electron chi connectivity index (χ0n) is 8.40. The highest BCUT2D eigenvalue weighted by Crippen LogP contribution is 2.15. The summed E-state index contributed by atoms with van der Waals surface area (Å²) in [5, 5.41) is 12.0. The van der Waals surface area contributed by atoms with E-state index in [1.54, 1.807) is 24.4 Å². The van der Waals surface area contributed by atoms with E-state index in [1.807, 2.05) is 0 Å². The molecule has 8 heteroatoms. The average Bonchev–Trinajstić information content (AvgIpc) is 2.61. The predicted octanol–water partition coefficient (Wildman–Crippen LogP) is -0.475. The molecule has 0 radical (unpaired) electrons. The van der Waals surface area contributed by atoms with E-state index < -0.39 is 10.0 Å². The number of hydrogen-bond acceptors (Lipinski definition) is 5. The van der Waals surface area contributed by atoms with Gasteiger partial charge in [-0.15, -0.1) is 10.2 Å². The van der Waals surface area contributed by atoms with Crippen LogP contribution in [0.5, 0.6) is 0 Å². The van der Waals surface area contributed by atoms with Gasteiger partial charge in [0.1, 0.15) is 5.69 Å². The molecule has 0 unspecified atom stereocenters. The van der Waals surface area contributed by atoms with Crippen LogP contribution in [0.2, 0.25) is 0 Å². The Balaban J connectivity index is 2.59. The molecule has 0 spiro atoms. The molecule has 2 aromatic heterocycles. The zero-order chi connectivity index (χ0) is 11.8. The van der Waals surface area contributed by atoms with Gasteiger partial charge in [0.25, 0.3) is 15.2 Å². The smallest absolute Gasteiger partial charge is 0.273 e. The second-order valence-electron chi connectivity index (χ2n) is 3.13. The number of primary sulfonamides is 1. The van der Waals surface area contributed by atoms with E-state index in [0.29, 0.717) is 11.5 Å². The Bertz CT molecular complexity index is 605. The van der Waals surface area contributed by atoms with Crippen LogP contribution >= 0.6 is 0 Å². The monoisotopic (exact) mass is 239 g/mol. The summed E-state index contributed by atoms with van der Waals surface area (Å²) >= 11 is 0. The minimum atomic E-state index is -3.86. The molecular formula is C8H9N5O2S. The molecular weight excluding hydrogens is 230 g/mol. The summed E-state index contributed by atoms with van der Waals surface area (Å²) in [6.07, 6.45) is 1.58. The Kier molecular flexibility index (Phi) is 2.44. The lowest BCUT2D eigenvalue weighted by Gasteiger charge is -2.00. The molecule has 7 nitrogen and oxygen atoms in total. The van der Waals surface area contributed by atoms with Crippen molar-refractivity contribution < 1.29 is 8.42 Å². The molecule has 16 heavy (non-hydrogen) atoms. The van der Waals surface area contributed by atoms with E-state index in [0.717, 1.165) is 0 Å². The van der Waals surface area contributed by atoms with Crippen molar-refractivity contribution in [3.63, 3.8) is 0 Å². The molecule has 0 fully saturated rings. The zero-order valence-corrected chi connectivity index (χ0v) is 9.22. The van der Waals surface area contributed by atoms with Crippen molar-refractivity contribution in [2.24, 2.45) is 12.2 Å². The highest BCUT2D eigenvalue weighted by atomic mass is 32.2. The predicted molar refractivity (Wildman–Crippen MR) is 55.6 cm³/mol. The van der Waals surface area contributed by atoms with Crippen molar-refractivity contribution in [2.75, 3.05) is 0 Å². The van der Waals surface area contributed by atoms with E-state index in [9.17, 15) is 8.42 Å². The van der Waals surface area contributed by atoms with Crippen LogP contribution in [-0.2, 0) is 17.1 Å². The summed E-state index contributed by atoms with van der Waals surface area (Å²) in [6.45, 7) is 0. The Hall–Kier alpha value is -1.80. The van der Waals surface area contributed by atoms with Crippen molar-refractivity contribution >= 4 is 10.0 Å². The van der Waals surface area contributed by atoms with E-state index >= 15 is 0 Å². The van der Waals surface area contributed by atoms with Gasteiger partial charge in [-0.05, 0) is 12.1 Å². The molecule has 0 amide bonds. The summed E-state index contributed by atoms with van der Waals surface area (Å²) in [5.74, 6) is 0.352. The van der Waals surface area contributed by atoms with Crippen LogP contribution in [0.1, 0.15) is 0 Å². The molecule has 2 heterocycles.